The van der Waals surface area contributed by atoms with E-state index in [9.17, 15) is 13.2 Å². The molecule has 1 heterocycles. The topological polar surface area (TPSA) is 66.5 Å². The van der Waals surface area contributed by atoms with Gasteiger partial charge in [-0.25, -0.2) is 8.42 Å². The van der Waals surface area contributed by atoms with Gasteiger partial charge in [0, 0.05) is 28.5 Å². The van der Waals surface area contributed by atoms with E-state index in [1.165, 1.54) is 4.31 Å². The Morgan fingerprint density at radius 3 is 2.30 bits per heavy atom. The van der Waals surface area contributed by atoms with E-state index in [4.69, 9.17) is 23.2 Å². The molecule has 27 heavy (non-hydrogen) atoms. The standard InChI is InChI=1S/C18H17BrCl2N2O3S/c19-13-1-4-15(5-2-13)27(25,26)23-9-7-12(8-10-23)18(24)22-17-6-3-14(20)11-16(17)21/h1-6,11-12H,7-10H2,(H,22,24). The molecule has 0 aliphatic carbocycles. The van der Waals surface area contributed by atoms with Crippen LogP contribution in [-0.2, 0) is 14.8 Å². The third kappa shape index (κ3) is 4.84. The van der Waals surface area contributed by atoms with Gasteiger partial charge in [0.05, 0.1) is 15.6 Å². The number of benzene rings is 2. The maximum atomic E-state index is 12.7. The van der Waals surface area contributed by atoms with E-state index in [1.807, 2.05) is 0 Å². The summed E-state index contributed by atoms with van der Waals surface area (Å²) in [4.78, 5) is 12.7. The van der Waals surface area contributed by atoms with Crippen LogP contribution in [0.2, 0.25) is 10.0 Å². The van der Waals surface area contributed by atoms with Crippen LogP contribution < -0.4 is 5.32 Å². The molecule has 0 bridgehead atoms. The molecule has 0 spiro atoms. The summed E-state index contributed by atoms with van der Waals surface area (Å²) in [5.74, 6) is -0.437. The summed E-state index contributed by atoms with van der Waals surface area (Å²) in [5.41, 5.74) is 0.496. The van der Waals surface area contributed by atoms with Gasteiger partial charge < -0.3 is 5.32 Å². The molecule has 3 rings (SSSR count). The second-order valence-corrected chi connectivity index (χ2v) is 9.94. The first kappa shape index (κ1) is 20.6. The lowest BCUT2D eigenvalue weighted by Gasteiger charge is -2.30. The minimum atomic E-state index is -3.55. The van der Waals surface area contributed by atoms with E-state index in [0.717, 1.165) is 4.47 Å². The van der Waals surface area contributed by atoms with Crippen molar-refractivity contribution in [3.8, 4) is 0 Å². The highest BCUT2D eigenvalue weighted by Crippen LogP contribution is 2.28. The summed E-state index contributed by atoms with van der Waals surface area (Å²) >= 11 is 15.2. The number of hydrogen-bond acceptors (Lipinski definition) is 3. The van der Waals surface area contributed by atoms with Crippen molar-refractivity contribution in [1.29, 1.82) is 0 Å². The van der Waals surface area contributed by atoms with Gasteiger partial charge in [-0.2, -0.15) is 4.31 Å². The van der Waals surface area contributed by atoms with Crippen molar-refractivity contribution in [2.24, 2.45) is 5.92 Å². The normalized spacial score (nSPS) is 16.3. The Morgan fingerprint density at radius 2 is 1.70 bits per heavy atom. The number of carbonyl (C=O) groups is 1. The molecule has 1 N–H and O–H groups in total. The fourth-order valence-corrected chi connectivity index (χ4v) is 5.13. The second-order valence-electron chi connectivity index (χ2n) is 6.25. The molecule has 0 radical (unpaired) electrons. The number of anilines is 1. The molecular weight excluding hydrogens is 475 g/mol. The highest BCUT2D eigenvalue weighted by atomic mass is 79.9. The summed E-state index contributed by atoms with van der Waals surface area (Å²) in [5, 5.41) is 3.65. The summed E-state index contributed by atoms with van der Waals surface area (Å²) in [6.45, 7) is 0.593. The summed E-state index contributed by atoms with van der Waals surface area (Å²) < 4.78 is 27.7. The molecule has 9 heteroatoms. The van der Waals surface area contributed by atoms with E-state index >= 15 is 0 Å². The van der Waals surface area contributed by atoms with Crippen molar-refractivity contribution in [2.45, 2.75) is 17.7 Å². The van der Waals surface area contributed by atoms with Crippen LogP contribution in [0.25, 0.3) is 0 Å². The number of piperidine rings is 1. The van der Waals surface area contributed by atoms with Crippen molar-refractivity contribution in [2.75, 3.05) is 18.4 Å². The third-order valence-corrected chi connectivity index (χ3v) is 7.45. The predicted octanol–water partition coefficient (Wildman–Crippen LogP) is 4.80. The van der Waals surface area contributed by atoms with Gasteiger partial charge in [-0.15, -0.1) is 0 Å². The smallest absolute Gasteiger partial charge is 0.243 e. The van der Waals surface area contributed by atoms with Gasteiger partial charge >= 0.3 is 0 Å². The predicted molar refractivity (Wildman–Crippen MR) is 111 cm³/mol. The van der Waals surface area contributed by atoms with Crippen LogP contribution in [0.1, 0.15) is 12.8 Å². The summed E-state index contributed by atoms with van der Waals surface area (Å²) in [6.07, 6.45) is 0.902. The van der Waals surface area contributed by atoms with Crippen LogP contribution in [0.5, 0.6) is 0 Å². The Hall–Kier alpha value is -1.12. The maximum absolute atomic E-state index is 12.7. The number of rotatable bonds is 4. The van der Waals surface area contributed by atoms with Gasteiger partial charge in [-0.1, -0.05) is 39.1 Å². The lowest BCUT2D eigenvalue weighted by Crippen LogP contribution is -2.41. The van der Waals surface area contributed by atoms with Gasteiger partial charge in [0.2, 0.25) is 15.9 Å². The minimum Gasteiger partial charge on any atom is -0.325 e. The fourth-order valence-electron chi connectivity index (χ4n) is 2.94. The highest BCUT2D eigenvalue weighted by Gasteiger charge is 2.32. The lowest BCUT2D eigenvalue weighted by atomic mass is 9.97. The Morgan fingerprint density at radius 1 is 1.07 bits per heavy atom. The maximum Gasteiger partial charge on any atom is 0.243 e. The van der Waals surface area contributed by atoms with E-state index in [0.29, 0.717) is 41.7 Å². The third-order valence-electron chi connectivity index (χ3n) is 4.47. The average molecular weight is 492 g/mol. The first-order chi connectivity index (χ1) is 12.8. The van der Waals surface area contributed by atoms with Crippen LogP contribution in [0.4, 0.5) is 5.69 Å². The van der Waals surface area contributed by atoms with Crippen molar-refractivity contribution in [3.63, 3.8) is 0 Å². The summed E-state index contributed by atoms with van der Waals surface area (Å²) in [7, 11) is -3.55. The monoisotopic (exact) mass is 490 g/mol. The second kappa shape index (κ2) is 8.49. The first-order valence-electron chi connectivity index (χ1n) is 8.29. The Balaban J connectivity index is 1.62. The SMILES string of the molecule is O=C(Nc1ccc(Cl)cc1Cl)C1CCN(S(=O)(=O)c2ccc(Br)cc2)CC1. The van der Waals surface area contributed by atoms with Crippen molar-refractivity contribution < 1.29 is 13.2 Å². The van der Waals surface area contributed by atoms with E-state index in [2.05, 4.69) is 21.2 Å². The van der Waals surface area contributed by atoms with Gasteiger partial charge in [-0.05, 0) is 55.3 Å². The molecule has 1 aliphatic heterocycles. The molecule has 0 aromatic heterocycles. The molecule has 1 fully saturated rings. The van der Waals surface area contributed by atoms with Gasteiger partial charge in [-0.3, -0.25) is 4.79 Å². The van der Waals surface area contributed by atoms with Crippen molar-refractivity contribution in [3.05, 3.63) is 57.0 Å². The molecule has 144 valence electrons. The molecular formula is C18H17BrCl2N2O3S. The number of hydrogen-bond donors (Lipinski definition) is 1. The number of carbonyl (C=O) groups excluding carboxylic acids is 1. The van der Waals surface area contributed by atoms with E-state index in [-0.39, 0.29) is 16.7 Å². The molecule has 1 saturated heterocycles. The van der Waals surface area contributed by atoms with Crippen LogP contribution in [0, 0.1) is 5.92 Å². The number of amides is 1. The van der Waals surface area contributed by atoms with Crippen LogP contribution >= 0.6 is 39.1 Å². The zero-order valence-electron chi connectivity index (χ0n) is 14.2. The van der Waals surface area contributed by atoms with Crippen molar-refractivity contribution >= 4 is 60.7 Å². The first-order valence-corrected chi connectivity index (χ1v) is 11.3. The zero-order valence-corrected chi connectivity index (χ0v) is 18.1. The largest absolute Gasteiger partial charge is 0.325 e. The molecule has 0 saturated carbocycles. The van der Waals surface area contributed by atoms with Crippen molar-refractivity contribution in [1.82, 2.24) is 4.31 Å². The molecule has 1 aliphatic rings. The van der Waals surface area contributed by atoms with Gasteiger partial charge in [0.15, 0.2) is 0 Å². The molecule has 1 amide bonds. The van der Waals surface area contributed by atoms with Crippen LogP contribution in [-0.4, -0.2) is 31.7 Å². The lowest BCUT2D eigenvalue weighted by molar-refractivity contribution is -0.120. The van der Waals surface area contributed by atoms with Gasteiger partial charge in [0.1, 0.15) is 0 Å². The molecule has 0 unspecified atom stereocenters. The molecule has 0 atom stereocenters. The number of sulfonamides is 1. The molecule has 2 aromatic carbocycles. The molecule has 5 nitrogen and oxygen atoms in total. The van der Waals surface area contributed by atoms with E-state index in [1.54, 1.807) is 42.5 Å². The van der Waals surface area contributed by atoms with Gasteiger partial charge in [0.25, 0.3) is 0 Å². The number of halogens is 3. The molecule has 2 aromatic rings. The summed E-state index contributed by atoms with van der Waals surface area (Å²) in [6, 6.07) is 11.4. The number of nitrogens with one attached hydrogen (secondary N) is 1. The zero-order chi connectivity index (χ0) is 19.6. The Kier molecular flexibility index (Phi) is 6.48. The number of nitrogens with zero attached hydrogens (tertiary/aromatic N) is 1. The average Bonchev–Trinajstić information content (AvgIpc) is 2.64. The fraction of sp³-hybridized carbons (Fsp3) is 0.278. The van der Waals surface area contributed by atoms with E-state index < -0.39 is 10.0 Å². The highest BCUT2D eigenvalue weighted by molar-refractivity contribution is 9.10. The Labute approximate surface area is 176 Å². The quantitative estimate of drug-likeness (QED) is 0.668. The van der Waals surface area contributed by atoms with Crippen LogP contribution in [0.3, 0.4) is 0 Å². The minimum absolute atomic E-state index is 0.167. The Bertz CT molecular complexity index is 944. The van der Waals surface area contributed by atoms with Crippen LogP contribution in [0.15, 0.2) is 51.8 Å².